The molecule has 3 rings (SSSR count). The summed E-state index contributed by atoms with van der Waals surface area (Å²) >= 11 is -1.53. The SMILES string of the molecule is C[S+]([O-])c1cc(-[n+]2cc([O-])c(C(=O)Nc3ccc(F)cc3)c(O)n2)cnc1C#N. The van der Waals surface area contributed by atoms with Gasteiger partial charge in [0.2, 0.25) is 0 Å². The van der Waals surface area contributed by atoms with Crippen molar-refractivity contribution in [3.05, 3.63) is 59.8 Å². The summed E-state index contributed by atoms with van der Waals surface area (Å²) in [5, 5.41) is 37.7. The normalized spacial score (nSPS) is 11.5. The van der Waals surface area contributed by atoms with Crippen LogP contribution in [0.2, 0.25) is 0 Å². The molecule has 0 saturated carbocycles. The number of nitrogens with zero attached hydrogens (tertiary/aromatic N) is 4. The van der Waals surface area contributed by atoms with Crippen LogP contribution in [0.5, 0.6) is 11.6 Å². The molecule has 0 aliphatic carbocycles. The number of anilines is 1. The van der Waals surface area contributed by atoms with E-state index in [1.165, 1.54) is 30.7 Å². The fraction of sp³-hybridized carbons (Fsp3) is 0.0556. The first kappa shape index (κ1) is 20.0. The standard InChI is InChI=1S/C18H12FN5O4S/c1-29(28)15-6-12(8-21-13(15)7-20)24-9-14(25)16(18(27)23-24)17(26)22-11-4-2-10(19)3-5-11/h2-6,8-9H,1H3,(H2-,22,23,25,26,27). The molecule has 0 aliphatic rings. The molecule has 0 aliphatic heterocycles. The van der Waals surface area contributed by atoms with Gasteiger partial charge in [0.05, 0.1) is 6.07 Å². The number of halogens is 1. The topological polar surface area (TPSA) is 149 Å². The zero-order valence-corrected chi connectivity index (χ0v) is 15.6. The van der Waals surface area contributed by atoms with Gasteiger partial charge >= 0.3 is 0 Å². The molecule has 9 nitrogen and oxygen atoms in total. The van der Waals surface area contributed by atoms with Gasteiger partial charge in [-0.1, -0.05) is 0 Å². The van der Waals surface area contributed by atoms with Crippen molar-refractivity contribution in [2.75, 3.05) is 11.6 Å². The van der Waals surface area contributed by atoms with E-state index in [1.807, 2.05) is 6.07 Å². The quantitative estimate of drug-likeness (QED) is 0.468. The predicted octanol–water partition coefficient (Wildman–Crippen LogP) is 0.533. The molecule has 2 N–H and O–H groups in total. The van der Waals surface area contributed by atoms with Crippen LogP contribution in [-0.4, -0.2) is 31.9 Å². The van der Waals surface area contributed by atoms with Gasteiger partial charge in [-0.05, 0) is 45.9 Å². The monoisotopic (exact) mass is 413 g/mol. The van der Waals surface area contributed by atoms with Gasteiger partial charge in [0.15, 0.2) is 16.8 Å². The lowest BCUT2D eigenvalue weighted by Crippen LogP contribution is -2.37. The van der Waals surface area contributed by atoms with Crippen molar-refractivity contribution in [2.45, 2.75) is 4.90 Å². The molecule has 0 spiro atoms. The summed E-state index contributed by atoms with van der Waals surface area (Å²) in [4.78, 5) is 16.3. The predicted molar refractivity (Wildman–Crippen MR) is 96.1 cm³/mol. The Hall–Kier alpha value is -3.75. The number of amides is 1. The Bertz CT molecular complexity index is 1110. The van der Waals surface area contributed by atoms with Crippen molar-refractivity contribution in [2.24, 2.45) is 0 Å². The minimum atomic E-state index is -1.53. The number of pyridine rings is 1. The molecule has 2 aromatic heterocycles. The fourth-order valence-corrected chi connectivity index (χ4v) is 3.06. The second-order valence-electron chi connectivity index (χ2n) is 5.70. The van der Waals surface area contributed by atoms with Gasteiger partial charge in [-0.2, -0.15) is 5.26 Å². The summed E-state index contributed by atoms with van der Waals surface area (Å²) in [5.41, 5.74) is -0.270. The van der Waals surface area contributed by atoms with Crippen molar-refractivity contribution in [1.29, 1.82) is 5.26 Å². The number of nitrogens with one attached hydrogen (secondary N) is 1. The first-order valence-electron chi connectivity index (χ1n) is 7.94. The largest absolute Gasteiger partial charge is 0.868 e. The van der Waals surface area contributed by atoms with Crippen LogP contribution >= 0.6 is 0 Å². The lowest BCUT2D eigenvalue weighted by atomic mass is 10.2. The number of carbonyl (C=O) groups is 1. The van der Waals surface area contributed by atoms with Crippen LogP contribution in [0.25, 0.3) is 5.69 Å². The highest BCUT2D eigenvalue weighted by molar-refractivity contribution is 7.90. The Kier molecular flexibility index (Phi) is 5.58. The number of benzene rings is 1. The average molecular weight is 413 g/mol. The Morgan fingerprint density at radius 2 is 2.07 bits per heavy atom. The summed E-state index contributed by atoms with van der Waals surface area (Å²) < 4.78 is 25.7. The van der Waals surface area contributed by atoms with Gasteiger partial charge in [-0.15, -0.1) is 0 Å². The maximum absolute atomic E-state index is 12.9. The maximum Gasteiger partial charge on any atom is 0.289 e. The van der Waals surface area contributed by atoms with Crippen molar-refractivity contribution >= 4 is 22.8 Å². The molecule has 1 amide bonds. The number of aromatic hydroxyl groups is 1. The average Bonchev–Trinajstić information content (AvgIpc) is 2.68. The van der Waals surface area contributed by atoms with E-state index in [0.717, 1.165) is 23.0 Å². The minimum absolute atomic E-state index is 0.0444. The molecular formula is C18H12FN5O4S. The minimum Gasteiger partial charge on any atom is -0.868 e. The number of nitriles is 1. The summed E-state index contributed by atoms with van der Waals surface area (Å²) in [6.07, 6.45) is 3.50. The summed E-state index contributed by atoms with van der Waals surface area (Å²) in [6, 6.07) is 7.98. The molecule has 29 heavy (non-hydrogen) atoms. The van der Waals surface area contributed by atoms with Crippen molar-refractivity contribution in [3.63, 3.8) is 0 Å². The molecule has 0 saturated heterocycles. The number of aromatic nitrogens is 3. The Morgan fingerprint density at radius 3 is 2.66 bits per heavy atom. The van der Waals surface area contributed by atoms with Crippen molar-refractivity contribution in [1.82, 2.24) is 10.1 Å². The molecule has 0 fully saturated rings. The Labute approximate surface area is 166 Å². The van der Waals surface area contributed by atoms with E-state index in [4.69, 9.17) is 5.26 Å². The van der Waals surface area contributed by atoms with E-state index in [9.17, 15) is 24.0 Å². The Balaban J connectivity index is 1.95. The molecule has 2 heterocycles. The maximum atomic E-state index is 12.9. The van der Waals surface area contributed by atoms with E-state index >= 15 is 0 Å². The lowest BCUT2D eigenvalue weighted by molar-refractivity contribution is -0.663. The Morgan fingerprint density at radius 1 is 1.38 bits per heavy atom. The number of hydrogen-bond acceptors (Lipinski definition) is 7. The van der Waals surface area contributed by atoms with Crippen LogP contribution in [-0.2, 0) is 11.2 Å². The van der Waals surface area contributed by atoms with E-state index in [-0.39, 0.29) is 22.0 Å². The molecule has 11 heteroatoms. The van der Waals surface area contributed by atoms with Crippen LogP contribution < -0.4 is 15.1 Å². The van der Waals surface area contributed by atoms with Gasteiger partial charge in [0.1, 0.15) is 29.9 Å². The number of carbonyl (C=O) groups excluding carboxylic acids is 1. The molecule has 3 aromatic rings. The molecule has 0 bridgehead atoms. The van der Waals surface area contributed by atoms with Gasteiger partial charge in [0.25, 0.3) is 17.5 Å². The van der Waals surface area contributed by atoms with Crippen LogP contribution in [0.3, 0.4) is 0 Å². The molecular weight excluding hydrogens is 401 g/mol. The smallest absolute Gasteiger partial charge is 0.289 e. The highest BCUT2D eigenvalue weighted by atomic mass is 32.2. The van der Waals surface area contributed by atoms with Gasteiger partial charge in [0, 0.05) is 10.8 Å². The lowest BCUT2D eigenvalue weighted by Gasteiger charge is -2.12. The second kappa shape index (κ2) is 8.09. The number of rotatable bonds is 4. The van der Waals surface area contributed by atoms with Crippen LogP contribution in [0.4, 0.5) is 10.1 Å². The molecule has 1 unspecified atom stereocenters. The summed E-state index contributed by atoms with van der Waals surface area (Å²) in [5.74, 6) is -3.12. The highest BCUT2D eigenvalue weighted by Crippen LogP contribution is 2.23. The number of hydrogen-bond donors (Lipinski definition) is 2. The third-order valence-electron chi connectivity index (χ3n) is 3.76. The van der Waals surface area contributed by atoms with Crippen molar-refractivity contribution < 1.29 is 28.6 Å². The van der Waals surface area contributed by atoms with Crippen LogP contribution in [0, 0.1) is 17.1 Å². The second-order valence-corrected chi connectivity index (χ2v) is 7.05. The third-order valence-corrected chi connectivity index (χ3v) is 4.69. The zero-order valence-electron chi connectivity index (χ0n) is 14.8. The molecule has 1 aromatic carbocycles. The van der Waals surface area contributed by atoms with E-state index < -0.39 is 40.1 Å². The summed E-state index contributed by atoms with van der Waals surface area (Å²) in [6.45, 7) is 0. The van der Waals surface area contributed by atoms with Gasteiger partial charge < -0.3 is 20.1 Å². The van der Waals surface area contributed by atoms with E-state index in [2.05, 4.69) is 15.4 Å². The van der Waals surface area contributed by atoms with E-state index in [0.29, 0.717) is 0 Å². The third kappa shape index (κ3) is 4.23. The van der Waals surface area contributed by atoms with Gasteiger partial charge in [-0.3, -0.25) is 4.79 Å². The molecule has 0 radical (unpaired) electrons. The van der Waals surface area contributed by atoms with Crippen LogP contribution in [0.1, 0.15) is 16.1 Å². The summed E-state index contributed by atoms with van der Waals surface area (Å²) in [7, 11) is 0. The van der Waals surface area contributed by atoms with Crippen molar-refractivity contribution in [3.8, 4) is 23.4 Å². The van der Waals surface area contributed by atoms with E-state index in [1.54, 1.807) is 0 Å². The molecule has 146 valence electrons. The molecule has 1 atom stereocenters. The first-order valence-corrected chi connectivity index (χ1v) is 9.49. The highest BCUT2D eigenvalue weighted by Gasteiger charge is 2.24. The zero-order chi connectivity index (χ0) is 21.1. The fourth-order valence-electron chi connectivity index (χ4n) is 2.40. The van der Waals surface area contributed by atoms with Gasteiger partial charge in [-0.25, -0.2) is 9.37 Å². The van der Waals surface area contributed by atoms with Crippen LogP contribution in [0.15, 0.2) is 47.6 Å². The first-order chi connectivity index (χ1) is 13.8.